The van der Waals surface area contributed by atoms with E-state index in [4.69, 9.17) is 11.6 Å². The van der Waals surface area contributed by atoms with Crippen molar-refractivity contribution in [2.45, 2.75) is 19.3 Å². The molecule has 1 heterocycles. The minimum absolute atomic E-state index is 0.126. The Hall–Kier alpha value is -1.13. The Labute approximate surface area is 110 Å². The van der Waals surface area contributed by atoms with Crippen LogP contribution in [0.2, 0.25) is 5.02 Å². The lowest BCUT2D eigenvalue weighted by Crippen LogP contribution is -2.47. The van der Waals surface area contributed by atoms with Gasteiger partial charge in [-0.2, -0.15) is 0 Å². The SMILES string of the molecule is O=C(O)C1(Cc2c(F)cccc2Cl)CCCNC1. The molecule has 3 nitrogen and oxygen atoms in total. The number of rotatable bonds is 3. The zero-order valence-electron chi connectivity index (χ0n) is 9.88. The van der Waals surface area contributed by atoms with E-state index in [-0.39, 0.29) is 6.42 Å². The van der Waals surface area contributed by atoms with Gasteiger partial charge in [-0.1, -0.05) is 17.7 Å². The lowest BCUT2D eigenvalue weighted by Gasteiger charge is -2.34. The third-order valence-electron chi connectivity index (χ3n) is 3.50. The van der Waals surface area contributed by atoms with Crippen LogP contribution in [0.3, 0.4) is 0 Å². The molecule has 1 atom stereocenters. The number of carbonyl (C=O) groups is 1. The number of hydrogen-bond acceptors (Lipinski definition) is 2. The number of halogens is 2. The summed E-state index contributed by atoms with van der Waals surface area (Å²) < 4.78 is 13.7. The molecule has 1 saturated heterocycles. The van der Waals surface area contributed by atoms with Crippen LogP contribution in [0.1, 0.15) is 18.4 Å². The smallest absolute Gasteiger partial charge is 0.311 e. The van der Waals surface area contributed by atoms with Gasteiger partial charge in [0.15, 0.2) is 0 Å². The minimum atomic E-state index is -0.954. The molecule has 5 heteroatoms. The number of carboxylic acids is 1. The normalized spacial score (nSPS) is 23.9. The van der Waals surface area contributed by atoms with Crippen molar-refractivity contribution in [2.24, 2.45) is 5.41 Å². The van der Waals surface area contributed by atoms with Crippen LogP contribution in [0, 0.1) is 11.2 Å². The molecule has 2 rings (SSSR count). The molecule has 2 N–H and O–H groups in total. The van der Waals surface area contributed by atoms with Crippen molar-refractivity contribution in [2.75, 3.05) is 13.1 Å². The van der Waals surface area contributed by atoms with Crippen LogP contribution in [0.5, 0.6) is 0 Å². The highest BCUT2D eigenvalue weighted by Crippen LogP contribution is 2.34. The highest BCUT2D eigenvalue weighted by molar-refractivity contribution is 6.31. The molecular formula is C13H15ClFNO2. The molecule has 1 fully saturated rings. The van der Waals surface area contributed by atoms with Gasteiger partial charge in [0, 0.05) is 17.1 Å². The van der Waals surface area contributed by atoms with E-state index in [1.807, 2.05) is 0 Å². The van der Waals surface area contributed by atoms with Gasteiger partial charge < -0.3 is 10.4 Å². The molecular weight excluding hydrogens is 257 g/mol. The molecule has 1 unspecified atom stereocenters. The first-order chi connectivity index (χ1) is 8.55. The van der Waals surface area contributed by atoms with Crippen LogP contribution in [-0.4, -0.2) is 24.2 Å². The molecule has 0 aromatic heterocycles. The second-order valence-electron chi connectivity index (χ2n) is 4.74. The van der Waals surface area contributed by atoms with E-state index < -0.39 is 17.2 Å². The first-order valence-electron chi connectivity index (χ1n) is 5.92. The molecule has 1 aromatic carbocycles. The van der Waals surface area contributed by atoms with Crippen molar-refractivity contribution in [3.05, 3.63) is 34.6 Å². The molecule has 0 radical (unpaired) electrons. The van der Waals surface area contributed by atoms with Crippen LogP contribution in [0.25, 0.3) is 0 Å². The molecule has 0 spiro atoms. The summed E-state index contributed by atoms with van der Waals surface area (Å²) in [4.78, 5) is 11.5. The minimum Gasteiger partial charge on any atom is -0.481 e. The standard InChI is InChI=1S/C13H15ClFNO2/c14-10-3-1-4-11(15)9(10)7-13(12(17)18)5-2-6-16-8-13/h1,3-4,16H,2,5-8H2,(H,17,18). The van der Waals surface area contributed by atoms with Gasteiger partial charge >= 0.3 is 5.97 Å². The predicted octanol–water partition coefficient (Wildman–Crippen LogP) is 2.48. The van der Waals surface area contributed by atoms with E-state index in [1.165, 1.54) is 12.1 Å². The van der Waals surface area contributed by atoms with Crippen LogP contribution in [0.4, 0.5) is 4.39 Å². The Morgan fingerprint density at radius 3 is 2.89 bits per heavy atom. The molecule has 0 amide bonds. The molecule has 0 saturated carbocycles. The third-order valence-corrected chi connectivity index (χ3v) is 3.86. The number of hydrogen-bond donors (Lipinski definition) is 2. The van der Waals surface area contributed by atoms with E-state index in [2.05, 4.69) is 5.32 Å². The van der Waals surface area contributed by atoms with E-state index in [1.54, 1.807) is 6.07 Å². The highest BCUT2D eigenvalue weighted by Gasteiger charge is 2.40. The number of aliphatic carboxylic acids is 1. The van der Waals surface area contributed by atoms with Crippen molar-refractivity contribution >= 4 is 17.6 Å². The van der Waals surface area contributed by atoms with E-state index in [9.17, 15) is 14.3 Å². The molecule has 98 valence electrons. The first kappa shape index (κ1) is 13.3. The maximum Gasteiger partial charge on any atom is 0.311 e. The predicted molar refractivity (Wildman–Crippen MR) is 67.3 cm³/mol. The van der Waals surface area contributed by atoms with Crippen molar-refractivity contribution in [3.63, 3.8) is 0 Å². The van der Waals surface area contributed by atoms with Crippen molar-refractivity contribution in [1.29, 1.82) is 0 Å². The number of carboxylic acid groups (broad SMARTS) is 1. The fourth-order valence-electron chi connectivity index (χ4n) is 2.42. The quantitative estimate of drug-likeness (QED) is 0.888. The summed E-state index contributed by atoms with van der Waals surface area (Å²) >= 11 is 5.96. The molecule has 0 aliphatic carbocycles. The lowest BCUT2D eigenvalue weighted by molar-refractivity contribution is -0.150. The van der Waals surface area contributed by atoms with Gasteiger partial charge in [0.1, 0.15) is 5.82 Å². The second kappa shape index (κ2) is 5.24. The topological polar surface area (TPSA) is 49.3 Å². The van der Waals surface area contributed by atoms with Crippen molar-refractivity contribution in [3.8, 4) is 0 Å². The van der Waals surface area contributed by atoms with E-state index in [0.717, 1.165) is 13.0 Å². The second-order valence-corrected chi connectivity index (χ2v) is 5.15. The lowest BCUT2D eigenvalue weighted by atomic mass is 9.75. The average Bonchev–Trinajstić information content (AvgIpc) is 2.35. The Morgan fingerprint density at radius 1 is 1.56 bits per heavy atom. The average molecular weight is 272 g/mol. The molecule has 0 bridgehead atoms. The Bertz CT molecular complexity index is 438. The van der Waals surface area contributed by atoms with E-state index >= 15 is 0 Å². The fourth-order valence-corrected chi connectivity index (χ4v) is 2.65. The summed E-state index contributed by atoms with van der Waals surface area (Å²) in [6.07, 6.45) is 1.44. The van der Waals surface area contributed by atoms with Crippen molar-refractivity contribution < 1.29 is 14.3 Å². The Morgan fingerprint density at radius 2 is 2.33 bits per heavy atom. The van der Waals surface area contributed by atoms with Gasteiger partial charge in [0.25, 0.3) is 0 Å². The van der Waals surface area contributed by atoms with Crippen LogP contribution in [0.15, 0.2) is 18.2 Å². The molecule has 1 aromatic rings. The number of piperidine rings is 1. The van der Waals surface area contributed by atoms with Gasteiger partial charge in [0.2, 0.25) is 0 Å². The summed E-state index contributed by atoms with van der Waals surface area (Å²) in [6.45, 7) is 1.16. The largest absolute Gasteiger partial charge is 0.481 e. The number of nitrogens with one attached hydrogen (secondary N) is 1. The molecule has 1 aliphatic rings. The van der Waals surface area contributed by atoms with Gasteiger partial charge in [-0.15, -0.1) is 0 Å². The number of benzene rings is 1. The Balaban J connectivity index is 2.32. The third kappa shape index (κ3) is 2.49. The van der Waals surface area contributed by atoms with Gasteiger partial charge in [-0.25, -0.2) is 4.39 Å². The van der Waals surface area contributed by atoms with Gasteiger partial charge in [0.05, 0.1) is 5.41 Å². The maximum absolute atomic E-state index is 13.7. The summed E-state index contributed by atoms with van der Waals surface area (Å²) in [5, 5.41) is 12.8. The van der Waals surface area contributed by atoms with Gasteiger partial charge in [-0.3, -0.25) is 4.79 Å². The monoisotopic (exact) mass is 271 g/mol. The summed E-state index contributed by atoms with van der Waals surface area (Å²) in [6, 6.07) is 4.42. The van der Waals surface area contributed by atoms with Gasteiger partial charge in [-0.05, 0) is 37.9 Å². The van der Waals surface area contributed by atoms with Crippen LogP contribution < -0.4 is 5.32 Å². The summed E-state index contributed by atoms with van der Waals surface area (Å²) in [5.74, 6) is -1.33. The zero-order chi connectivity index (χ0) is 13.2. The molecule has 1 aliphatic heterocycles. The Kier molecular flexibility index (Phi) is 3.88. The summed E-state index contributed by atoms with van der Waals surface area (Å²) in [5.41, 5.74) is -0.658. The van der Waals surface area contributed by atoms with Crippen LogP contribution in [-0.2, 0) is 11.2 Å². The van der Waals surface area contributed by atoms with E-state index in [0.29, 0.717) is 23.6 Å². The highest BCUT2D eigenvalue weighted by atomic mass is 35.5. The van der Waals surface area contributed by atoms with Crippen molar-refractivity contribution in [1.82, 2.24) is 5.32 Å². The van der Waals surface area contributed by atoms with Crippen LogP contribution >= 0.6 is 11.6 Å². The fraction of sp³-hybridized carbons (Fsp3) is 0.462. The maximum atomic E-state index is 13.7. The zero-order valence-corrected chi connectivity index (χ0v) is 10.6. The summed E-state index contributed by atoms with van der Waals surface area (Å²) in [7, 11) is 0. The first-order valence-corrected chi connectivity index (χ1v) is 6.30. The molecule has 18 heavy (non-hydrogen) atoms.